The van der Waals surface area contributed by atoms with E-state index in [2.05, 4.69) is 17.9 Å². The van der Waals surface area contributed by atoms with Crippen LogP contribution < -0.4 is 9.64 Å². The van der Waals surface area contributed by atoms with Crippen molar-refractivity contribution >= 4 is 29.6 Å². The molecular weight excluding hydrogens is 753 g/mol. The minimum Gasteiger partial charge on any atom is -0.491 e. The molecule has 1 spiro atoms. The third-order valence-corrected chi connectivity index (χ3v) is 11.6. The number of hydrogen-bond acceptors (Lipinski definition) is 10. The minimum atomic E-state index is -2.14. The number of benzene rings is 4. The van der Waals surface area contributed by atoms with Crippen LogP contribution in [0.4, 0.5) is 10.5 Å². The summed E-state index contributed by atoms with van der Waals surface area (Å²) < 4.78 is 22.9. The maximum Gasteiger partial charge on any atom is 0.421 e. The van der Waals surface area contributed by atoms with Gasteiger partial charge in [0.1, 0.15) is 42.4 Å². The maximum atomic E-state index is 15.8. The van der Waals surface area contributed by atoms with Crippen LogP contribution in [-0.4, -0.2) is 78.6 Å². The SMILES string of the molecule is COCCOC(=O)N1C(=O)[C@@]2(c3cc(C#CC4=CCCCC4)ccc31)[C@H](C(=O)O)[C@H]1C(=O)O[C@H](c3ccccc3)[C@H](c3ccccc3)N1[C@@H]2c1cccc(OCCO)c1. The van der Waals surface area contributed by atoms with E-state index in [-0.39, 0.29) is 37.7 Å². The number of carboxylic acid groups (broad SMARTS) is 1. The van der Waals surface area contributed by atoms with Crippen LogP contribution in [0.3, 0.4) is 0 Å². The van der Waals surface area contributed by atoms with E-state index >= 15 is 4.79 Å². The van der Waals surface area contributed by atoms with Crippen LogP contribution in [0.2, 0.25) is 0 Å². The Morgan fingerprint density at radius 1 is 0.847 bits per heavy atom. The molecule has 59 heavy (non-hydrogen) atoms. The van der Waals surface area contributed by atoms with Gasteiger partial charge in [0.25, 0.3) is 0 Å². The summed E-state index contributed by atoms with van der Waals surface area (Å²) in [5, 5.41) is 21.2. The van der Waals surface area contributed by atoms with E-state index in [1.807, 2.05) is 60.7 Å². The van der Waals surface area contributed by atoms with Gasteiger partial charge >= 0.3 is 18.0 Å². The summed E-state index contributed by atoms with van der Waals surface area (Å²) in [7, 11) is 1.45. The van der Waals surface area contributed by atoms with Crippen LogP contribution in [0.25, 0.3) is 0 Å². The number of ether oxygens (including phenoxy) is 4. The molecule has 6 atom stereocenters. The monoisotopic (exact) mass is 796 g/mol. The van der Waals surface area contributed by atoms with Gasteiger partial charge in [0.15, 0.2) is 0 Å². The van der Waals surface area contributed by atoms with Gasteiger partial charge in [-0.3, -0.25) is 19.3 Å². The van der Waals surface area contributed by atoms with E-state index in [0.717, 1.165) is 36.2 Å². The lowest BCUT2D eigenvalue weighted by Gasteiger charge is -2.46. The average Bonchev–Trinajstić information content (AvgIpc) is 3.72. The van der Waals surface area contributed by atoms with E-state index in [1.165, 1.54) is 7.11 Å². The molecule has 2 saturated heterocycles. The summed E-state index contributed by atoms with van der Waals surface area (Å²) in [6, 6.07) is 26.8. The molecule has 302 valence electrons. The molecule has 0 bridgehead atoms. The maximum absolute atomic E-state index is 15.8. The number of carbonyl (C=O) groups is 4. The Morgan fingerprint density at radius 2 is 1.59 bits per heavy atom. The second-order valence-corrected chi connectivity index (χ2v) is 15.0. The summed E-state index contributed by atoms with van der Waals surface area (Å²) in [6.07, 6.45) is 4.03. The van der Waals surface area contributed by atoms with Crippen molar-refractivity contribution in [3.63, 3.8) is 0 Å². The first-order valence-corrected chi connectivity index (χ1v) is 19.8. The summed E-state index contributed by atoms with van der Waals surface area (Å²) in [5.74, 6) is 1.94. The number of methoxy groups -OCH3 is 1. The Kier molecular flexibility index (Phi) is 11.3. The van der Waals surface area contributed by atoms with Crippen molar-refractivity contribution in [3.8, 4) is 17.6 Å². The number of aliphatic hydroxyl groups is 1. The molecule has 8 rings (SSSR count). The number of aliphatic hydroxyl groups excluding tert-OH is 1. The lowest BCUT2D eigenvalue weighted by molar-refractivity contribution is -0.179. The van der Waals surface area contributed by atoms with Crippen LogP contribution >= 0.6 is 0 Å². The zero-order chi connectivity index (χ0) is 41.1. The second-order valence-electron chi connectivity index (χ2n) is 15.0. The van der Waals surface area contributed by atoms with Crippen LogP contribution in [0.1, 0.15) is 71.7 Å². The topological polar surface area (TPSA) is 152 Å². The van der Waals surface area contributed by atoms with Gasteiger partial charge in [-0.15, -0.1) is 0 Å². The second kappa shape index (κ2) is 16.9. The summed E-state index contributed by atoms with van der Waals surface area (Å²) in [4.78, 5) is 61.6. The van der Waals surface area contributed by atoms with Crippen molar-refractivity contribution < 1.29 is 48.3 Å². The van der Waals surface area contributed by atoms with Crippen molar-refractivity contribution in [3.05, 3.63) is 143 Å². The first-order valence-electron chi connectivity index (χ1n) is 19.8. The van der Waals surface area contributed by atoms with Crippen molar-refractivity contribution in [2.75, 3.05) is 38.4 Å². The molecule has 4 aromatic carbocycles. The molecule has 12 heteroatoms. The smallest absolute Gasteiger partial charge is 0.421 e. The van der Waals surface area contributed by atoms with Crippen molar-refractivity contribution in [1.82, 2.24) is 4.90 Å². The molecule has 3 aliphatic heterocycles. The van der Waals surface area contributed by atoms with Gasteiger partial charge in [0.05, 0.1) is 31.0 Å². The van der Waals surface area contributed by atoms with Gasteiger partial charge in [-0.25, -0.2) is 9.69 Å². The van der Waals surface area contributed by atoms with Crippen molar-refractivity contribution in [1.29, 1.82) is 0 Å². The zero-order valence-electron chi connectivity index (χ0n) is 32.5. The highest BCUT2D eigenvalue weighted by Crippen LogP contribution is 2.66. The van der Waals surface area contributed by atoms with Gasteiger partial charge in [-0.05, 0) is 83.8 Å². The summed E-state index contributed by atoms with van der Waals surface area (Å²) in [5.41, 5.74) is 1.48. The molecule has 2 fully saturated rings. The fourth-order valence-electron chi connectivity index (χ4n) is 9.26. The number of aliphatic carboxylic acids is 1. The van der Waals surface area contributed by atoms with Gasteiger partial charge < -0.3 is 29.2 Å². The van der Waals surface area contributed by atoms with Crippen LogP contribution in [0, 0.1) is 17.8 Å². The van der Waals surface area contributed by atoms with Crippen molar-refractivity contribution in [2.24, 2.45) is 5.92 Å². The molecule has 0 aromatic heterocycles. The highest BCUT2D eigenvalue weighted by molar-refractivity contribution is 6.23. The number of anilines is 1. The molecule has 2 amide bonds. The number of carboxylic acids is 1. The molecule has 1 aliphatic carbocycles. The summed E-state index contributed by atoms with van der Waals surface area (Å²) >= 11 is 0. The highest BCUT2D eigenvalue weighted by atomic mass is 16.6. The number of fused-ring (bicyclic) bond motifs is 3. The Balaban J connectivity index is 1.43. The Morgan fingerprint density at radius 3 is 2.29 bits per heavy atom. The van der Waals surface area contributed by atoms with Crippen LogP contribution in [0.5, 0.6) is 5.75 Å². The number of nitrogens with zero attached hydrogens (tertiary/aromatic N) is 2. The first-order chi connectivity index (χ1) is 28.8. The molecule has 2 N–H and O–H groups in total. The predicted molar refractivity (Wildman–Crippen MR) is 215 cm³/mol. The van der Waals surface area contributed by atoms with Crippen LogP contribution in [0.15, 0.2) is 115 Å². The van der Waals surface area contributed by atoms with E-state index in [1.54, 1.807) is 47.4 Å². The molecule has 4 aromatic rings. The predicted octanol–water partition coefficient (Wildman–Crippen LogP) is 6.44. The third kappa shape index (κ3) is 7.05. The molecule has 0 unspecified atom stereocenters. The molecular formula is C47H44N2O10. The number of morpholine rings is 1. The lowest BCUT2D eigenvalue weighted by atomic mass is 9.65. The van der Waals surface area contributed by atoms with E-state index in [0.29, 0.717) is 28.0 Å². The number of allylic oxidation sites excluding steroid dienone is 2. The van der Waals surface area contributed by atoms with Gasteiger partial charge in [0, 0.05) is 12.7 Å². The number of rotatable bonds is 10. The average molecular weight is 797 g/mol. The molecule has 0 saturated carbocycles. The number of esters is 1. The van der Waals surface area contributed by atoms with Gasteiger partial charge in [-0.2, -0.15) is 0 Å². The Bertz CT molecular complexity index is 2340. The molecule has 12 nitrogen and oxygen atoms in total. The minimum absolute atomic E-state index is 0.0281. The molecule has 3 heterocycles. The normalized spacial score (nSPS) is 24.7. The number of cyclic esters (lactones) is 1. The Labute approximate surface area is 341 Å². The molecule has 0 radical (unpaired) electrons. The lowest BCUT2D eigenvalue weighted by Crippen LogP contribution is -2.53. The van der Waals surface area contributed by atoms with Gasteiger partial charge in [-0.1, -0.05) is 90.7 Å². The van der Waals surface area contributed by atoms with Crippen LogP contribution in [-0.2, 0) is 34.0 Å². The number of imide groups is 1. The van der Waals surface area contributed by atoms with E-state index < -0.39 is 59.5 Å². The third-order valence-electron chi connectivity index (χ3n) is 11.6. The first kappa shape index (κ1) is 39.6. The van der Waals surface area contributed by atoms with E-state index in [9.17, 15) is 24.6 Å². The molecule has 4 aliphatic rings. The number of carbonyl (C=O) groups excluding carboxylic acids is 3. The van der Waals surface area contributed by atoms with Gasteiger partial charge in [0.2, 0.25) is 5.91 Å². The number of hydrogen-bond donors (Lipinski definition) is 2. The Hall–Kier alpha value is -6.26. The zero-order valence-corrected chi connectivity index (χ0v) is 32.5. The quantitative estimate of drug-likeness (QED) is 0.104. The van der Waals surface area contributed by atoms with Crippen molar-refractivity contribution in [2.45, 2.75) is 55.3 Å². The number of amides is 2. The fraction of sp³-hybridized carbons (Fsp3) is 0.319. The van der Waals surface area contributed by atoms with E-state index in [4.69, 9.17) is 18.9 Å². The highest BCUT2D eigenvalue weighted by Gasteiger charge is 2.76. The largest absolute Gasteiger partial charge is 0.491 e. The summed E-state index contributed by atoms with van der Waals surface area (Å²) in [6.45, 7) is -0.412. The standard InChI is InChI=1S/C47H44N2O10/c1-56-26-27-58-46(55)48-37-23-22-31(21-20-30-12-5-2-6-13-30)28-36(37)47(45(48)54)38(43(51)52)40-44(53)59-41(33-16-9-4-10-17-33)39(32-14-7-3-8-15-32)49(40)42(47)34-18-11-19-35(29-34)57-25-24-50/h3-4,7-12,14-19,22-23,28-29,38-42,50H,2,5-6,13,24-27H2,1H3,(H,51,52)/t38-,39-,40-,41+,42+,47-/m0/s1. The fourth-order valence-corrected chi connectivity index (χ4v) is 9.26.